The van der Waals surface area contributed by atoms with Crippen LogP contribution in [0, 0.1) is 0 Å². The van der Waals surface area contributed by atoms with Gasteiger partial charge in [0.1, 0.15) is 0 Å². The van der Waals surface area contributed by atoms with Gasteiger partial charge in [0, 0.05) is 6.08 Å². The molecule has 0 radical (unpaired) electrons. The van der Waals surface area contributed by atoms with Crippen molar-refractivity contribution in [1.82, 2.24) is 0 Å². The Hall–Kier alpha value is -1.35. The second-order valence-corrected chi connectivity index (χ2v) is 3.13. The third-order valence-electron chi connectivity index (χ3n) is 1.70. The van der Waals surface area contributed by atoms with Crippen LogP contribution in [0.4, 0.5) is 0 Å². The van der Waals surface area contributed by atoms with E-state index in [-0.39, 0.29) is 5.97 Å². The number of carbonyl (C=O) groups excluding carboxylic acids is 1. The van der Waals surface area contributed by atoms with E-state index in [9.17, 15) is 9.90 Å². The molecule has 0 aromatic carbocycles. The van der Waals surface area contributed by atoms with Gasteiger partial charge in [0.2, 0.25) is 0 Å². The number of ether oxygens (including phenoxy) is 1. The van der Waals surface area contributed by atoms with E-state index in [0.717, 1.165) is 5.57 Å². The summed E-state index contributed by atoms with van der Waals surface area (Å²) in [5.74, 6) is -0.356. The average molecular weight is 210 g/mol. The van der Waals surface area contributed by atoms with Gasteiger partial charge in [-0.05, 0) is 20.3 Å². The maximum absolute atomic E-state index is 10.9. The van der Waals surface area contributed by atoms with Gasteiger partial charge in [-0.15, -0.1) is 6.58 Å². The van der Waals surface area contributed by atoms with Gasteiger partial charge in [0.15, 0.2) is 0 Å². The zero-order chi connectivity index (χ0) is 11.7. The Kier molecular flexibility index (Phi) is 7.28. The summed E-state index contributed by atoms with van der Waals surface area (Å²) in [6.45, 7) is 7.49. The summed E-state index contributed by atoms with van der Waals surface area (Å²) in [6, 6.07) is 0. The highest BCUT2D eigenvalue weighted by atomic mass is 16.5. The van der Waals surface area contributed by atoms with Crippen LogP contribution in [0.3, 0.4) is 0 Å². The number of aliphatic hydroxyl groups excluding tert-OH is 1. The van der Waals surface area contributed by atoms with Crippen molar-refractivity contribution in [2.24, 2.45) is 0 Å². The molecule has 0 aliphatic carbocycles. The quantitative estimate of drug-likeness (QED) is 0.315. The topological polar surface area (TPSA) is 46.5 Å². The Morgan fingerprint density at radius 3 is 2.80 bits per heavy atom. The molecular formula is C12H18O3. The number of allylic oxidation sites excluding steroid dienone is 2. The monoisotopic (exact) mass is 210 g/mol. The van der Waals surface area contributed by atoms with Gasteiger partial charge >= 0.3 is 5.97 Å². The van der Waals surface area contributed by atoms with Crippen molar-refractivity contribution in [1.29, 1.82) is 0 Å². The fourth-order valence-electron chi connectivity index (χ4n) is 0.963. The molecule has 3 heteroatoms. The van der Waals surface area contributed by atoms with Crippen LogP contribution in [0.1, 0.15) is 20.3 Å². The van der Waals surface area contributed by atoms with Gasteiger partial charge in [0.25, 0.3) is 0 Å². The van der Waals surface area contributed by atoms with Gasteiger partial charge < -0.3 is 9.84 Å². The number of esters is 1. The third kappa shape index (κ3) is 7.70. The lowest BCUT2D eigenvalue weighted by Gasteiger charge is -2.03. The molecule has 0 aromatic rings. The normalized spacial score (nSPS) is 13.9. The maximum Gasteiger partial charge on any atom is 0.330 e. The van der Waals surface area contributed by atoms with E-state index in [2.05, 4.69) is 6.58 Å². The lowest BCUT2D eigenvalue weighted by Crippen LogP contribution is -2.01. The van der Waals surface area contributed by atoms with Crippen molar-refractivity contribution in [3.05, 3.63) is 36.5 Å². The third-order valence-corrected chi connectivity index (χ3v) is 1.70. The zero-order valence-corrected chi connectivity index (χ0v) is 9.27. The summed E-state index contributed by atoms with van der Waals surface area (Å²) in [5.41, 5.74) is 0.975. The Morgan fingerprint density at radius 1 is 1.60 bits per heavy atom. The minimum absolute atomic E-state index is 0.356. The van der Waals surface area contributed by atoms with Crippen LogP contribution in [-0.2, 0) is 9.53 Å². The molecule has 0 saturated carbocycles. The molecule has 0 heterocycles. The molecule has 1 atom stereocenters. The van der Waals surface area contributed by atoms with E-state index in [1.807, 2.05) is 6.92 Å². The number of aliphatic hydroxyl groups is 1. The lowest BCUT2D eigenvalue weighted by molar-refractivity contribution is -0.137. The average Bonchev–Trinajstić information content (AvgIpc) is 2.18. The summed E-state index contributed by atoms with van der Waals surface area (Å²) in [5, 5.41) is 9.25. The van der Waals surface area contributed by atoms with Gasteiger partial charge in [-0.3, -0.25) is 0 Å². The number of hydrogen-bond donors (Lipinski definition) is 1. The zero-order valence-electron chi connectivity index (χ0n) is 9.27. The van der Waals surface area contributed by atoms with Gasteiger partial charge in [-0.1, -0.05) is 23.8 Å². The maximum atomic E-state index is 10.9. The van der Waals surface area contributed by atoms with Gasteiger partial charge in [0.05, 0.1) is 12.7 Å². The molecule has 0 spiro atoms. The predicted molar refractivity (Wildman–Crippen MR) is 60.4 cm³/mol. The number of rotatable bonds is 6. The second-order valence-electron chi connectivity index (χ2n) is 3.13. The molecule has 84 valence electrons. The largest absolute Gasteiger partial charge is 0.463 e. The summed E-state index contributed by atoms with van der Waals surface area (Å²) in [4.78, 5) is 10.9. The van der Waals surface area contributed by atoms with E-state index >= 15 is 0 Å². The smallest absolute Gasteiger partial charge is 0.330 e. The van der Waals surface area contributed by atoms with Gasteiger partial charge in [-0.25, -0.2) is 4.79 Å². The highest BCUT2D eigenvalue weighted by Gasteiger charge is 1.98. The van der Waals surface area contributed by atoms with Crippen LogP contribution in [0.2, 0.25) is 0 Å². The molecule has 0 saturated heterocycles. The second kappa shape index (κ2) is 8.00. The van der Waals surface area contributed by atoms with Crippen molar-refractivity contribution < 1.29 is 14.6 Å². The Labute approximate surface area is 90.8 Å². The predicted octanol–water partition coefficient (Wildman–Crippen LogP) is 1.99. The molecule has 0 rings (SSSR count). The number of hydrogen-bond acceptors (Lipinski definition) is 3. The summed E-state index contributed by atoms with van der Waals surface area (Å²) in [6.07, 6.45) is 6.21. The minimum atomic E-state index is -0.530. The van der Waals surface area contributed by atoms with E-state index in [0.29, 0.717) is 13.0 Å². The van der Waals surface area contributed by atoms with Crippen LogP contribution in [0.15, 0.2) is 36.5 Å². The molecule has 0 bridgehead atoms. The van der Waals surface area contributed by atoms with Crippen LogP contribution in [-0.4, -0.2) is 23.8 Å². The van der Waals surface area contributed by atoms with Crippen LogP contribution in [0.25, 0.3) is 0 Å². The van der Waals surface area contributed by atoms with Crippen molar-refractivity contribution in [3.63, 3.8) is 0 Å². The first-order valence-electron chi connectivity index (χ1n) is 4.91. The molecule has 0 aliphatic heterocycles. The molecule has 15 heavy (non-hydrogen) atoms. The number of carbonyl (C=O) groups is 1. The molecule has 0 aliphatic rings. The minimum Gasteiger partial charge on any atom is -0.463 e. The lowest BCUT2D eigenvalue weighted by atomic mass is 10.1. The van der Waals surface area contributed by atoms with E-state index in [1.54, 1.807) is 19.1 Å². The Balaban J connectivity index is 4.03. The van der Waals surface area contributed by atoms with E-state index in [4.69, 9.17) is 4.74 Å². The van der Waals surface area contributed by atoms with Crippen LogP contribution < -0.4 is 0 Å². The summed E-state index contributed by atoms with van der Waals surface area (Å²) in [7, 11) is 0. The van der Waals surface area contributed by atoms with E-state index in [1.165, 1.54) is 12.2 Å². The van der Waals surface area contributed by atoms with Crippen LogP contribution >= 0.6 is 0 Å². The Bertz CT molecular complexity index is 264. The molecule has 1 unspecified atom stereocenters. The first-order chi connectivity index (χ1) is 7.10. The molecular weight excluding hydrogens is 192 g/mol. The fraction of sp³-hybridized carbons (Fsp3) is 0.417. The SMILES string of the molecule is C=CC(O)C/C(C)=C\C=C\C(=O)OCC. The van der Waals surface area contributed by atoms with Crippen molar-refractivity contribution in [3.8, 4) is 0 Å². The molecule has 3 nitrogen and oxygen atoms in total. The first kappa shape index (κ1) is 13.7. The van der Waals surface area contributed by atoms with Crippen LogP contribution in [0.5, 0.6) is 0 Å². The fourth-order valence-corrected chi connectivity index (χ4v) is 0.963. The Morgan fingerprint density at radius 2 is 2.27 bits per heavy atom. The molecule has 1 N–H and O–H groups in total. The van der Waals surface area contributed by atoms with Crippen molar-refractivity contribution in [2.75, 3.05) is 6.61 Å². The highest BCUT2D eigenvalue weighted by Crippen LogP contribution is 2.05. The molecule has 0 fully saturated rings. The highest BCUT2D eigenvalue weighted by molar-refractivity contribution is 5.82. The van der Waals surface area contributed by atoms with Crippen molar-refractivity contribution >= 4 is 5.97 Å². The van der Waals surface area contributed by atoms with Gasteiger partial charge in [-0.2, -0.15) is 0 Å². The first-order valence-corrected chi connectivity index (χ1v) is 4.91. The van der Waals surface area contributed by atoms with Crippen molar-refractivity contribution in [2.45, 2.75) is 26.4 Å². The van der Waals surface area contributed by atoms with E-state index < -0.39 is 6.10 Å². The molecule has 0 amide bonds. The standard InChI is InChI=1S/C12H18O3/c1-4-11(13)9-10(3)7-6-8-12(14)15-5-2/h4,6-8,11,13H,1,5,9H2,2-3H3/b8-6+,10-7-. The summed E-state index contributed by atoms with van der Waals surface area (Å²) < 4.78 is 4.71. The summed E-state index contributed by atoms with van der Waals surface area (Å²) >= 11 is 0. The molecule has 0 aromatic heterocycles.